The summed E-state index contributed by atoms with van der Waals surface area (Å²) < 4.78 is 47.4. The fraction of sp³-hybridized carbons (Fsp3) is 0.417. The third kappa shape index (κ3) is 4.87. The maximum atomic E-state index is 14.3. The number of rotatable bonds is 6. The number of methoxy groups -OCH3 is 1. The monoisotopic (exact) mass is 506 g/mol. The molecule has 1 unspecified atom stereocenters. The maximum absolute atomic E-state index is 14.3. The molecule has 1 aromatic carbocycles. The summed E-state index contributed by atoms with van der Waals surface area (Å²) in [6.07, 6.45) is 1.08. The van der Waals surface area contributed by atoms with Gasteiger partial charge in [-0.1, -0.05) is 12.1 Å². The van der Waals surface area contributed by atoms with E-state index in [0.29, 0.717) is 16.4 Å². The Morgan fingerprint density at radius 1 is 1.29 bits per heavy atom. The highest BCUT2D eigenvalue weighted by atomic mass is 32.1. The van der Waals surface area contributed by atoms with Crippen LogP contribution in [0.25, 0.3) is 0 Å². The maximum Gasteiger partial charge on any atom is 0.338 e. The normalized spacial score (nSPS) is 24.2. The van der Waals surface area contributed by atoms with E-state index in [4.69, 9.17) is 9.73 Å². The van der Waals surface area contributed by atoms with Crippen molar-refractivity contribution < 1.29 is 27.5 Å². The van der Waals surface area contributed by atoms with Crippen LogP contribution < -0.4 is 5.32 Å². The fourth-order valence-electron chi connectivity index (χ4n) is 4.55. The van der Waals surface area contributed by atoms with Crippen molar-refractivity contribution in [1.82, 2.24) is 15.2 Å². The number of nitrogens with one attached hydrogen (secondary N) is 1. The number of halogens is 3. The molecule has 0 spiro atoms. The summed E-state index contributed by atoms with van der Waals surface area (Å²) in [4.78, 5) is 36.7. The molecule has 1 saturated heterocycles. The summed E-state index contributed by atoms with van der Waals surface area (Å²) in [5, 5.41) is 3.64. The number of ether oxygens (including phenoxy) is 1. The number of ketones is 1. The van der Waals surface area contributed by atoms with Gasteiger partial charge in [0.1, 0.15) is 17.1 Å². The van der Waals surface area contributed by atoms with E-state index in [1.807, 2.05) is 6.92 Å². The Bertz CT molecular complexity index is 1220. The van der Waals surface area contributed by atoms with Gasteiger partial charge in [0.15, 0.2) is 10.8 Å². The Balaban J connectivity index is 1.87. The lowest BCUT2D eigenvalue weighted by atomic mass is 9.82. The summed E-state index contributed by atoms with van der Waals surface area (Å²) in [5.41, 5.74) is -0.491. The number of esters is 1. The number of aryl methyl sites for hydroxylation is 1. The number of likely N-dealkylation sites (tertiary alicyclic amines) is 1. The molecule has 0 aliphatic carbocycles. The summed E-state index contributed by atoms with van der Waals surface area (Å²) >= 11 is 1.37. The van der Waals surface area contributed by atoms with Gasteiger partial charge in [0.05, 0.1) is 25.3 Å². The predicted octanol–water partition coefficient (Wildman–Crippen LogP) is 3.58. The Kier molecular flexibility index (Phi) is 6.58. The molecule has 7 nitrogen and oxygen atoms in total. The largest absolute Gasteiger partial charge is 0.466 e. The second-order valence-corrected chi connectivity index (χ2v) is 10.1. The average molecular weight is 507 g/mol. The molecule has 2 atom stereocenters. The number of hydrogen-bond donors (Lipinski definition) is 1. The van der Waals surface area contributed by atoms with Crippen molar-refractivity contribution in [2.24, 2.45) is 4.99 Å². The van der Waals surface area contributed by atoms with Crippen LogP contribution in [-0.2, 0) is 19.9 Å². The molecule has 1 aromatic heterocycles. The highest BCUT2D eigenvalue weighted by molar-refractivity contribution is 7.13. The van der Waals surface area contributed by atoms with Gasteiger partial charge in [0, 0.05) is 29.7 Å². The molecule has 2 aliphatic heterocycles. The molecule has 2 aromatic rings. The fourth-order valence-corrected chi connectivity index (χ4v) is 5.26. The van der Waals surface area contributed by atoms with E-state index < -0.39 is 42.3 Å². The number of Topliss-reactive ketones (excluding diaryl/α,β-unsaturated/α-hetero) is 1. The van der Waals surface area contributed by atoms with Gasteiger partial charge in [-0.05, 0) is 38.5 Å². The Hall–Kier alpha value is -3.05. The Labute approximate surface area is 204 Å². The van der Waals surface area contributed by atoms with Crippen LogP contribution in [0.3, 0.4) is 0 Å². The highest BCUT2D eigenvalue weighted by Crippen LogP contribution is 2.40. The number of amidine groups is 1. The van der Waals surface area contributed by atoms with Crippen LogP contribution in [0.5, 0.6) is 0 Å². The van der Waals surface area contributed by atoms with Gasteiger partial charge < -0.3 is 10.1 Å². The number of aliphatic imine (C=N–C) groups is 1. The highest BCUT2D eigenvalue weighted by Gasteiger charge is 2.49. The quantitative estimate of drug-likeness (QED) is 0.603. The van der Waals surface area contributed by atoms with Gasteiger partial charge >= 0.3 is 5.97 Å². The minimum Gasteiger partial charge on any atom is -0.466 e. The molecule has 0 bridgehead atoms. The molecule has 1 N–H and O–H groups in total. The lowest BCUT2D eigenvalue weighted by Crippen LogP contribution is -2.46. The minimum absolute atomic E-state index is 0.0844. The number of nitrogens with zero attached hydrogens (tertiary/aromatic N) is 3. The molecule has 2 aliphatic rings. The van der Waals surface area contributed by atoms with Gasteiger partial charge in [0.25, 0.3) is 5.92 Å². The number of thiazole rings is 1. The summed E-state index contributed by atoms with van der Waals surface area (Å²) in [5.74, 6) is -4.27. The second kappa shape index (κ2) is 9.19. The van der Waals surface area contributed by atoms with Crippen LogP contribution in [0.4, 0.5) is 13.2 Å². The number of aromatic nitrogens is 1. The number of carbonyl (C=O) groups is 2. The molecule has 4 rings (SSSR count). The van der Waals surface area contributed by atoms with Crippen LogP contribution in [0.2, 0.25) is 0 Å². The zero-order valence-corrected chi connectivity index (χ0v) is 20.5. The standard InChI is InChI=1S/C24H25F3N4O3S/c1-13-10-28-21(35-13)20-29-17(11-31-12-24(26,27)9-18(31)14(2)32)19(22(33)34-4)23(3,30-20)15-5-7-16(25)8-6-15/h5-8,10,18H,9,11-12H2,1-4H3,(H,29,30)/t18-,23?/m0/s1. The average Bonchev–Trinajstić information content (AvgIpc) is 3.35. The van der Waals surface area contributed by atoms with E-state index in [9.17, 15) is 22.8 Å². The minimum atomic E-state index is -3.04. The molecule has 11 heteroatoms. The smallest absolute Gasteiger partial charge is 0.338 e. The van der Waals surface area contributed by atoms with Crippen LogP contribution in [0.1, 0.15) is 35.7 Å². The van der Waals surface area contributed by atoms with Gasteiger partial charge in [-0.15, -0.1) is 11.3 Å². The van der Waals surface area contributed by atoms with E-state index in [0.717, 1.165) is 4.88 Å². The first-order chi connectivity index (χ1) is 16.4. The second-order valence-electron chi connectivity index (χ2n) is 8.88. The van der Waals surface area contributed by atoms with Gasteiger partial charge in [-0.2, -0.15) is 0 Å². The number of carbonyl (C=O) groups excluding carboxylic acids is 2. The van der Waals surface area contributed by atoms with Crippen LogP contribution in [-0.4, -0.2) is 59.6 Å². The number of alkyl halides is 2. The first-order valence-electron chi connectivity index (χ1n) is 10.9. The van der Waals surface area contributed by atoms with Crippen molar-refractivity contribution in [3.05, 3.63) is 63.0 Å². The van der Waals surface area contributed by atoms with E-state index in [1.54, 1.807) is 13.1 Å². The predicted molar refractivity (Wildman–Crippen MR) is 125 cm³/mol. The molecule has 186 valence electrons. The lowest BCUT2D eigenvalue weighted by Gasteiger charge is -2.36. The first kappa shape index (κ1) is 25.1. The van der Waals surface area contributed by atoms with Crippen molar-refractivity contribution in [3.63, 3.8) is 0 Å². The van der Waals surface area contributed by atoms with Crippen molar-refractivity contribution in [2.45, 2.75) is 44.7 Å². The molecular weight excluding hydrogens is 481 g/mol. The molecule has 0 amide bonds. The van der Waals surface area contributed by atoms with E-state index in [1.165, 1.54) is 54.5 Å². The third-order valence-corrected chi connectivity index (χ3v) is 7.13. The first-order valence-corrected chi connectivity index (χ1v) is 11.7. The molecule has 0 radical (unpaired) electrons. The van der Waals surface area contributed by atoms with E-state index in [2.05, 4.69) is 10.3 Å². The Morgan fingerprint density at radius 2 is 1.97 bits per heavy atom. The summed E-state index contributed by atoms with van der Waals surface area (Å²) in [6.45, 7) is 4.05. The SMILES string of the molecule is COC(=O)C1=C(CN2CC(F)(F)C[C@H]2C(C)=O)NC(c2ncc(C)s2)=NC1(C)c1ccc(F)cc1. The molecule has 0 saturated carbocycles. The van der Waals surface area contributed by atoms with Gasteiger partial charge in [0.2, 0.25) is 0 Å². The van der Waals surface area contributed by atoms with Crippen molar-refractivity contribution in [1.29, 1.82) is 0 Å². The number of hydrogen-bond acceptors (Lipinski definition) is 8. The zero-order chi connectivity index (χ0) is 25.5. The van der Waals surface area contributed by atoms with Crippen LogP contribution >= 0.6 is 11.3 Å². The van der Waals surface area contributed by atoms with Gasteiger partial charge in [-0.3, -0.25) is 9.69 Å². The van der Waals surface area contributed by atoms with Crippen molar-refractivity contribution in [3.8, 4) is 0 Å². The van der Waals surface area contributed by atoms with Crippen molar-refractivity contribution in [2.75, 3.05) is 20.2 Å². The number of benzene rings is 1. The van der Waals surface area contributed by atoms with Gasteiger partial charge in [-0.25, -0.2) is 27.9 Å². The molecule has 35 heavy (non-hydrogen) atoms. The van der Waals surface area contributed by atoms with E-state index >= 15 is 0 Å². The summed E-state index contributed by atoms with van der Waals surface area (Å²) in [6, 6.07) is 4.54. The van der Waals surface area contributed by atoms with Crippen LogP contribution in [0, 0.1) is 12.7 Å². The summed E-state index contributed by atoms with van der Waals surface area (Å²) in [7, 11) is 1.21. The van der Waals surface area contributed by atoms with Crippen molar-refractivity contribution >= 4 is 28.9 Å². The molecular formula is C24H25F3N4O3S. The third-order valence-electron chi connectivity index (χ3n) is 6.21. The lowest BCUT2D eigenvalue weighted by molar-refractivity contribution is -0.137. The zero-order valence-electron chi connectivity index (χ0n) is 19.7. The topological polar surface area (TPSA) is 83.9 Å². The Morgan fingerprint density at radius 3 is 2.54 bits per heavy atom. The van der Waals surface area contributed by atoms with E-state index in [-0.39, 0.29) is 23.6 Å². The van der Waals surface area contributed by atoms with Crippen LogP contribution in [0.15, 0.2) is 46.7 Å². The molecule has 3 heterocycles. The molecule has 1 fully saturated rings.